The monoisotopic (exact) mass is 288 g/mol. The van der Waals surface area contributed by atoms with Crippen LogP contribution in [-0.2, 0) is 0 Å². The van der Waals surface area contributed by atoms with Gasteiger partial charge in [0, 0.05) is 32.2 Å². The topological polar surface area (TPSA) is 45.4 Å². The minimum atomic E-state index is -4.12. The molecule has 1 aliphatic rings. The predicted octanol–water partition coefficient (Wildman–Crippen LogP) is 1.79. The minimum absolute atomic E-state index is 0.118. The number of halogens is 3. The number of piperazine rings is 1. The highest BCUT2D eigenvalue weighted by molar-refractivity contribution is 5.45. The van der Waals surface area contributed by atoms with Gasteiger partial charge >= 0.3 is 6.18 Å². The molecule has 112 valence electrons. The van der Waals surface area contributed by atoms with E-state index in [-0.39, 0.29) is 6.04 Å². The average molecular weight is 288 g/mol. The van der Waals surface area contributed by atoms with Crippen LogP contribution in [0.3, 0.4) is 0 Å². The third kappa shape index (κ3) is 4.08. The van der Waals surface area contributed by atoms with E-state index in [2.05, 4.69) is 4.98 Å². The molecule has 0 aromatic carbocycles. The number of pyridine rings is 1. The van der Waals surface area contributed by atoms with Crippen LogP contribution < -0.4 is 10.6 Å². The summed E-state index contributed by atoms with van der Waals surface area (Å²) >= 11 is 0. The standard InChI is InChI=1S/C13H19F3N4/c1-10(17)12-3-2-11(8-18-12)20-6-4-19(5-7-20)9-13(14,15)16/h2-3,8,10H,4-7,9,17H2,1H3/t10-/m0/s1. The Morgan fingerprint density at radius 2 is 1.90 bits per heavy atom. The van der Waals surface area contributed by atoms with Crippen molar-refractivity contribution in [2.24, 2.45) is 5.73 Å². The van der Waals surface area contributed by atoms with Gasteiger partial charge in [-0.05, 0) is 19.1 Å². The van der Waals surface area contributed by atoms with E-state index in [0.717, 1.165) is 11.4 Å². The Morgan fingerprint density at radius 1 is 1.25 bits per heavy atom. The molecule has 1 aromatic rings. The molecule has 1 aromatic heterocycles. The number of hydrogen-bond donors (Lipinski definition) is 1. The normalized spacial score (nSPS) is 19.1. The number of rotatable bonds is 3. The first-order valence-electron chi connectivity index (χ1n) is 6.61. The fourth-order valence-corrected chi connectivity index (χ4v) is 2.27. The Hall–Kier alpha value is -1.34. The van der Waals surface area contributed by atoms with Crippen LogP contribution in [0, 0.1) is 0 Å². The molecule has 0 spiro atoms. The molecule has 1 saturated heterocycles. The molecule has 0 aliphatic carbocycles. The van der Waals surface area contributed by atoms with Crippen LogP contribution in [0.15, 0.2) is 18.3 Å². The lowest BCUT2D eigenvalue weighted by Gasteiger charge is -2.36. The molecule has 7 heteroatoms. The maximum Gasteiger partial charge on any atom is 0.401 e. The largest absolute Gasteiger partial charge is 0.401 e. The van der Waals surface area contributed by atoms with E-state index >= 15 is 0 Å². The summed E-state index contributed by atoms with van der Waals surface area (Å²) in [4.78, 5) is 7.75. The van der Waals surface area contributed by atoms with Crippen LogP contribution in [0.5, 0.6) is 0 Å². The Morgan fingerprint density at radius 3 is 2.35 bits per heavy atom. The first-order chi connectivity index (χ1) is 9.35. The average Bonchev–Trinajstić information content (AvgIpc) is 2.38. The van der Waals surface area contributed by atoms with Gasteiger partial charge in [0.2, 0.25) is 0 Å². The van der Waals surface area contributed by atoms with Crippen molar-refractivity contribution in [2.45, 2.75) is 19.1 Å². The lowest BCUT2D eigenvalue weighted by atomic mass is 10.2. The van der Waals surface area contributed by atoms with Gasteiger partial charge in [0.1, 0.15) is 0 Å². The first kappa shape index (κ1) is 15.1. The van der Waals surface area contributed by atoms with Crippen LogP contribution in [0.1, 0.15) is 18.7 Å². The molecule has 1 aliphatic heterocycles. The zero-order valence-electron chi connectivity index (χ0n) is 11.4. The van der Waals surface area contributed by atoms with Crippen molar-refractivity contribution in [3.8, 4) is 0 Å². The van der Waals surface area contributed by atoms with Crippen molar-refractivity contribution in [2.75, 3.05) is 37.6 Å². The van der Waals surface area contributed by atoms with Gasteiger partial charge in [0.05, 0.1) is 24.1 Å². The van der Waals surface area contributed by atoms with Crippen LogP contribution >= 0.6 is 0 Å². The van der Waals surface area contributed by atoms with Gasteiger partial charge in [-0.2, -0.15) is 13.2 Å². The molecule has 1 fully saturated rings. The van der Waals surface area contributed by atoms with Crippen LogP contribution in [0.4, 0.5) is 18.9 Å². The van der Waals surface area contributed by atoms with Crippen LogP contribution in [-0.4, -0.2) is 48.8 Å². The van der Waals surface area contributed by atoms with Gasteiger partial charge in [0.15, 0.2) is 0 Å². The first-order valence-corrected chi connectivity index (χ1v) is 6.61. The maximum atomic E-state index is 12.3. The lowest BCUT2D eigenvalue weighted by Crippen LogP contribution is -2.49. The Kier molecular flexibility index (Phi) is 4.49. The summed E-state index contributed by atoms with van der Waals surface area (Å²) in [6, 6.07) is 3.67. The second-order valence-electron chi connectivity index (χ2n) is 5.11. The second-order valence-corrected chi connectivity index (χ2v) is 5.11. The summed E-state index contributed by atoms with van der Waals surface area (Å²) in [5.74, 6) is 0. The van der Waals surface area contributed by atoms with Crippen molar-refractivity contribution in [1.29, 1.82) is 0 Å². The molecular formula is C13H19F3N4. The summed E-state index contributed by atoms with van der Waals surface area (Å²) in [5.41, 5.74) is 7.47. The van der Waals surface area contributed by atoms with Crippen molar-refractivity contribution in [1.82, 2.24) is 9.88 Å². The van der Waals surface area contributed by atoms with E-state index in [0.29, 0.717) is 26.2 Å². The number of alkyl halides is 3. The summed E-state index contributed by atoms with van der Waals surface area (Å²) < 4.78 is 36.9. The van der Waals surface area contributed by atoms with E-state index in [4.69, 9.17) is 5.73 Å². The predicted molar refractivity (Wildman–Crippen MR) is 71.5 cm³/mol. The summed E-state index contributed by atoms with van der Waals surface area (Å²) in [6.07, 6.45) is -2.39. The molecule has 20 heavy (non-hydrogen) atoms. The van der Waals surface area contributed by atoms with E-state index in [9.17, 15) is 13.2 Å². The van der Waals surface area contributed by atoms with Crippen LogP contribution in [0.25, 0.3) is 0 Å². The number of anilines is 1. The fourth-order valence-electron chi connectivity index (χ4n) is 2.27. The molecule has 0 radical (unpaired) electrons. The third-order valence-corrected chi connectivity index (χ3v) is 3.38. The number of nitrogens with zero attached hydrogens (tertiary/aromatic N) is 3. The van der Waals surface area contributed by atoms with Gasteiger partial charge in [-0.15, -0.1) is 0 Å². The smallest absolute Gasteiger partial charge is 0.368 e. The molecule has 4 nitrogen and oxygen atoms in total. The molecule has 2 heterocycles. The zero-order chi connectivity index (χ0) is 14.8. The van der Waals surface area contributed by atoms with Gasteiger partial charge in [-0.3, -0.25) is 9.88 Å². The fraction of sp³-hybridized carbons (Fsp3) is 0.615. The Bertz CT molecular complexity index is 422. The quantitative estimate of drug-likeness (QED) is 0.921. The second kappa shape index (κ2) is 5.97. The molecule has 2 rings (SSSR count). The molecule has 2 N–H and O–H groups in total. The number of hydrogen-bond acceptors (Lipinski definition) is 4. The zero-order valence-corrected chi connectivity index (χ0v) is 11.4. The van der Waals surface area contributed by atoms with E-state index < -0.39 is 12.7 Å². The highest BCUT2D eigenvalue weighted by Crippen LogP contribution is 2.20. The van der Waals surface area contributed by atoms with E-state index in [1.54, 1.807) is 6.20 Å². The lowest BCUT2D eigenvalue weighted by molar-refractivity contribution is -0.146. The van der Waals surface area contributed by atoms with Crippen molar-refractivity contribution in [3.63, 3.8) is 0 Å². The Labute approximate surface area is 116 Å². The van der Waals surface area contributed by atoms with Crippen LogP contribution in [0.2, 0.25) is 0 Å². The van der Waals surface area contributed by atoms with Gasteiger partial charge in [-0.1, -0.05) is 0 Å². The van der Waals surface area contributed by atoms with Gasteiger partial charge in [0.25, 0.3) is 0 Å². The van der Waals surface area contributed by atoms with E-state index in [1.165, 1.54) is 4.90 Å². The highest BCUT2D eigenvalue weighted by Gasteiger charge is 2.32. The third-order valence-electron chi connectivity index (χ3n) is 3.38. The maximum absolute atomic E-state index is 12.3. The van der Waals surface area contributed by atoms with Gasteiger partial charge in [-0.25, -0.2) is 0 Å². The SMILES string of the molecule is C[C@H](N)c1ccc(N2CCN(CC(F)(F)F)CC2)cn1. The molecule has 0 saturated carbocycles. The molecule has 0 bridgehead atoms. The summed E-state index contributed by atoms with van der Waals surface area (Å²) in [7, 11) is 0. The van der Waals surface area contributed by atoms with Crippen molar-refractivity contribution >= 4 is 5.69 Å². The van der Waals surface area contributed by atoms with Crippen molar-refractivity contribution in [3.05, 3.63) is 24.0 Å². The summed E-state index contributed by atoms with van der Waals surface area (Å²) in [5, 5.41) is 0. The van der Waals surface area contributed by atoms with Gasteiger partial charge < -0.3 is 10.6 Å². The van der Waals surface area contributed by atoms with E-state index in [1.807, 2.05) is 24.0 Å². The Balaban J connectivity index is 1.90. The molecule has 0 unspecified atom stereocenters. The molecule has 1 atom stereocenters. The number of aromatic nitrogens is 1. The van der Waals surface area contributed by atoms with Crippen molar-refractivity contribution < 1.29 is 13.2 Å². The molecular weight excluding hydrogens is 269 g/mol. The highest BCUT2D eigenvalue weighted by atomic mass is 19.4. The number of nitrogens with two attached hydrogens (primary N) is 1. The molecule has 0 amide bonds. The summed E-state index contributed by atoms with van der Waals surface area (Å²) in [6.45, 7) is 3.01. The minimum Gasteiger partial charge on any atom is -0.368 e.